The van der Waals surface area contributed by atoms with Crippen LogP contribution in [0, 0.1) is 11.3 Å². The summed E-state index contributed by atoms with van der Waals surface area (Å²) in [4.78, 5) is 11.1. The van der Waals surface area contributed by atoms with Crippen LogP contribution in [0.4, 0.5) is 0 Å². The smallest absolute Gasteiger partial charge is 0.302 e. The molecule has 0 amide bonds. The molecule has 1 N–H and O–H groups in total. The molecule has 0 aromatic carbocycles. The van der Waals surface area contributed by atoms with E-state index in [1.807, 2.05) is 0 Å². The molecule has 5 heteroatoms. The third-order valence-electron chi connectivity index (χ3n) is 5.96. The zero-order valence-electron chi connectivity index (χ0n) is 13.0. The predicted octanol–water partition coefficient (Wildman–Crippen LogP) is 3.45. The maximum absolute atomic E-state index is 11.4. The van der Waals surface area contributed by atoms with Crippen LogP contribution in [0.3, 0.4) is 0 Å². The van der Waals surface area contributed by atoms with Gasteiger partial charge in [-0.3, -0.25) is 4.79 Å². The molecule has 21 heavy (non-hydrogen) atoms. The average molecular weight is 331 g/mol. The van der Waals surface area contributed by atoms with E-state index in [2.05, 4.69) is 30.4 Å². The lowest BCUT2D eigenvalue weighted by molar-refractivity contribution is -0.147. The zero-order valence-corrected chi connectivity index (χ0v) is 14.7. The van der Waals surface area contributed by atoms with E-state index in [1.54, 1.807) is 0 Å². The van der Waals surface area contributed by atoms with Crippen molar-refractivity contribution >= 4 is 29.5 Å². The van der Waals surface area contributed by atoms with Crippen molar-refractivity contribution in [3.63, 3.8) is 0 Å². The highest BCUT2D eigenvalue weighted by molar-refractivity contribution is 8.18. The molecule has 3 fully saturated rings. The predicted molar refractivity (Wildman–Crippen MR) is 88.5 cm³/mol. The highest BCUT2D eigenvalue weighted by Crippen LogP contribution is 2.65. The van der Waals surface area contributed by atoms with Gasteiger partial charge >= 0.3 is 5.97 Å². The summed E-state index contributed by atoms with van der Waals surface area (Å²) in [6, 6.07) is 0. The fourth-order valence-corrected chi connectivity index (χ4v) is 7.97. The van der Waals surface area contributed by atoms with Crippen LogP contribution >= 0.6 is 23.5 Å². The summed E-state index contributed by atoms with van der Waals surface area (Å²) in [6.45, 7) is 4.16. The van der Waals surface area contributed by atoms with Crippen molar-refractivity contribution in [3.05, 3.63) is 0 Å². The maximum Gasteiger partial charge on any atom is 0.302 e. The van der Waals surface area contributed by atoms with Crippen LogP contribution < -0.4 is 0 Å². The molecule has 2 aliphatic carbocycles. The minimum Gasteiger partial charge on any atom is -0.466 e. The number of fused-ring (bicyclic) bond motifs is 1. The zero-order chi connectivity index (χ0) is 15.1. The molecule has 3 aliphatic rings. The molecule has 0 aromatic heterocycles. The average Bonchev–Trinajstić information content (AvgIpc) is 2.69. The molecule has 3 rings (SSSR count). The molecule has 1 spiro atoms. The second kappa shape index (κ2) is 5.64. The van der Waals surface area contributed by atoms with Crippen LogP contribution in [-0.2, 0) is 9.53 Å². The highest BCUT2D eigenvalue weighted by Gasteiger charge is 2.62. The summed E-state index contributed by atoms with van der Waals surface area (Å²) in [5.41, 5.74) is -0.667. The summed E-state index contributed by atoms with van der Waals surface area (Å²) in [6.07, 6.45) is 6.27. The Labute approximate surface area is 136 Å². The minimum absolute atomic E-state index is 0.0910. The number of aliphatic hydroxyl groups is 1. The van der Waals surface area contributed by atoms with E-state index in [9.17, 15) is 9.90 Å². The lowest BCUT2D eigenvalue weighted by Gasteiger charge is -2.54. The Bertz CT molecular complexity index is 422. The topological polar surface area (TPSA) is 46.5 Å². The van der Waals surface area contributed by atoms with Crippen molar-refractivity contribution < 1.29 is 14.6 Å². The first-order chi connectivity index (χ1) is 9.89. The van der Waals surface area contributed by atoms with Crippen molar-refractivity contribution in [2.75, 3.05) is 18.1 Å². The van der Waals surface area contributed by atoms with E-state index < -0.39 is 5.60 Å². The van der Waals surface area contributed by atoms with Gasteiger partial charge in [0, 0.05) is 24.7 Å². The SMILES string of the molecule is CC(=O)OC[C@H]1CC[C@]2(O)CC3(CC[C@]12C)SCCCS3. The molecule has 1 heterocycles. The van der Waals surface area contributed by atoms with E-state index in [-0.39, 0.29) is 15.5 Å². The Morgan fingerprint density at radius 2 is 2.00 bits per heavy atom. The van der Waals surface area contributed by atoms with E-state index in [1.165, 1.54) is 31.3 Å². The monoisotopic (exact) mass is 330 g/mol. The summed E-state index contributed by atoms with van der Waals surface area (Å²) in [5, 5.41) is 11.4. The maximum atomic E-state index is 11.4. The fraction of sp³-hybridized carbons (Fsp3) is 0.938. The molecule has 120 valence electrons. The molecule has 0 radical (unpaired) electrons. The van der Waals surface area contributed by atoms with Gasteiger partial charge in [-0.2, -0.15) is 0 Å². The lowest BCUT2D eigenvalue weighted by Crippen LogP contribution is -2.54. The summed E-state index contributed by atoms with van der Waals surface area (Å²) in [7, 11) is 0. The Morgan fingerprint density at radius 3 is 2.67 bits per heavy atom. The van der Waals surface area contributed by atoms with Crippen molar-refractivity contribution in [1.29, 1.82) is 0 Å². The van der Waals surface area contributed by atoms with Gasteiger partial charge < -0.3 is 9.84 Å². The third-order valence-corrected chi connectivity index (χ3v) is 9.41. The molecule has 1 saturated heterocycles. The van der Waals surface area contributed by atoms with Crippen molar-refractivity contribution in [1.82, 2.24) is 0 Å². The Hall–Kier alpha value is 0.130. The summed E-state index contributed by atoms with van der Waals surface area (Å²) in [5.74, 6) is 2.56. The van der Waals surface area contributed by atoms with Gasteiger partial charge in [-0.15, -0.1) is 23.5 Å². The molecule has 2 saturated carbocycles. The van der Waals surface area contributed by atoms with Gasteiger partial charge in [-0.1, -0.05) is 6.92 Å². The number of carbonyl (C=O) groups is 1. The lowest BCUT2D eigenvalue weighted by atomic mass is 9.62. The summed E-state index contributed by atoms with van der Waals surface area (Å²) < 4.78 is 5.50. The molecule has 1 aliphatic heterocycles. The molecule has 0 bridgehead atoms. The van der Waals surface area contributed by atoms with Crippen LogP contribution in [0.5, 0.6) is 0 Å². The quantitative estimate of drug-likeness (QED) is 0.786. The number of carbonyl (C=O) groups excluding carboxylic acids is 1. The first-order valence-corrected chi connectivity index (χ1v) is 10.0. The standard InChI is InChI=1S/C16H26O3S2/c1-12(17)19-10-13-4-5-15(18)11-16(7-6-14(13,15)2)20-8-3-9-21-16/h13,18H,3-11H2,1-2H3/t13-,14-,15+/m1/s1. The van der Waals surface area contributed by atoms with Crippen LogP contribution in [-0.4, -0.2) is 38.9 Å². The largest absolute Gasteiger partial charge is 0.466 e. The van der Waals surface area contributed by atoms with Crippen LogP contribution in [0.2, 0.25) is 0 Å². The van der Waals surface area contributed by atoms with Gasteiger partial charge in [0.25, 0.3) is 0 Å². The number of rotatable bonds is 2. The first kappa shape index (κ1) is 16.0. The van der Waals surface area contributed by atoms with Gasteiger partial charge in [0.15, 0.2) is 0 Å². The van der Waals surface area contributed by atoms with E-state index in [4.69, 9.17) is 4.74 Å². The van der Waals surface area contributed by atoms with Gasteiger partial charge in [-0.05, 0) is 43.6 Å². The normalized spacial score (nSPS) is 41.8. The number of hydrogen-bond acceptors (Lipinski definition) is 5. The number of thioether (sulfide) groups is 2. The van der Waals surface area contributed by atoms with Crippen molar-refractivity contribution in [3.8, 4) is 0 Å². The molecular formula is C16H26O3S2. The Kier molecular flexibility index (Phi) is 4.30. The third kappa shape index (κ3) is 2.74. The second-order valence-corrected chi connectivity index (χ2v) is 10.3. The van der Waals surface area contributed by atoms with Crippen molar-refractivity contribution in [2.45, 2.75) is 62.1 Å². The van der Waals surface area contributed by atoms with Gasteiger partial charge in [0.1, 0.15) is 0 Å². The molecule has 0 unspecified atom stereocenters. The molecule has 3 atom stereocenters. The van der Waals surface area contributed by atoms with Crippen LogP contribution in [0.15, 0.2) is 0 Å². The second-order valence-electron chi connectivity index (χ2n) is 7.13. The van der Waals surface area contributed by atoms with Crippen LogP contribution in [0.1, 0.15) is 52.4 Å². The number of esters is 1. The molecular weight excluding hydrogens is 304 g/mol. The molecule has 0 aromatic rings. The van der Waals surface area contributed by atoms with Gasteiger partial charge in [0.05, 0.1) is 16.3 Å². The Balaban J connectivity index is 1.75. The highest BCUT2D eigenvalue weighted by atomic mass is 32.2. The fourth-order valence-electron chi connectivity index (χ4n) is 4.46. The molecule has 3 nitrogen and oxygen atoms in total. The van der Waals surface area contributed by atoms with E-state index in [0.717, 1.165) is 25.7 Å². The van der Waals surface area contributed by atoms with E-state index in [0.29, 0.717) is 12.5 Å². The summed E-state index contributed by atoms with van der Waals surface area (Å²) >= 11 is 4.14. The number of ether oxygens (including phenoxy) is 1. The van der Waals surface area contributed by atoms with Crippen molar-refractivity contribution in [2.24, 2.45) is 11.3 Å². The van der Waals surface area contributed by atoms with Gasteiger partial charge in [-0.25, -0.2) is 0 Å². The number of hydrogen-bond donors (Lipinski definition) is 1. The minimum atomic E-state index is -0.576. The van der Waals surface area contributed by atoms with Crippen LogP contribution in [0.25, 0.3) is 0 Å². The van der Waals surface area contributed by atoms with E-state index >= 15 is 0 Å². The Morgan fingerprint density at radius 1 is 1.29 bits per heavy atom. The first-order valence-electron chi connectivity index (χ1n) is 8.03. The van der Waals surface area contributed by atoms with Gasteiger partial charge in [0.2, 0.25) is 0 Å².